The number of carbonyl (C=O) groups excluding carboxylic acids is 2. The first-order valence-electron chi connectivity index (χ1n) is 3.76. The van der Waals surface area contributed by atoms with Crippen LogP contribution in [-0.4, -0.2) is 48.4 Å². The van der Waals surface area contributed by atoms with Crippen molar-refractivity contribution in [1.29, 1.82) is 0 Å². The Hall–Kier alpha value is -0.550. The maximum atomic E-state index is 11.3. The molecule has 0 aliphatic carbocycles. The molecule has 1 aliphatic heterocycles. The second-order valence-electron chi connectivity index (χ2n) is 2.60. The third-order valence-corrected chi connectivity index (χ3v) is 2.76. The lowest BCUT2D eigenvalue weighted by Gasteiger charge is -2.18. The average molecular weight is 188 g/mol. The molecule has 0 aromatic carbocycles. The van der Waals surface area contributed by atoms with E-state index in [1.807, 2.05) is 0 Å². The van der Waals surface area contributed by atoms with Gasteiger partial charge in [-0.15, -0.1) is 11.8 Å². The van der Waals surface area contributed by atoms with E-state index in [0.29, 0.717) is 12.4 Å². The van der Waals surface area contributed by atoms with Crippen LogP contribution < -0.4 is 5.32 Å². The van der Waals surface area contributed by atoms with E-state index in [2.05, 4.69) is 5.32 Å². The maximum Gasteiger partial charge on any atom is 0.237 e. The van der Waals surface area contributed by atoms with Crippen molar-refractivity contribution in [3.63, 3.8) is 0 Å². The molecule has 1 atom stereocenters. The Labute approximate surface area is 75.7 Å². The monoisotopic (exact) mass is 188 g/mol. The van der Waals surface area contributed by atoms with Gasteiger partial charge in [0.25, 0.3) is 0 Å². The van der Waals surface area contributed by atoms with Crippen LogP contribution >= 0.6 is 11.8 Å². The minimum atomic E-state index is -0.212. The lowest BCUT2D eigenvalue weighted by atomic mass is 10.3. The molecule has 0 radical (unpaired) electrons. The normalized spacial score (nSPS) is 22.8. The first-order valence-corrected chi connectivity index (χ1v) is 4.92. The largest absolute Gasteiger partial charge is 0.322 e. The summed E-state index contributed by atoms with van der Waals surface area (Å²) < 4.78 is 0. The van der Waals surface area contributed by atoms with E-state index in [1.165, 1.54) is 0 Å². The van der Waals surface area contributed by atoms with Crippen LogP contribution in [0, 0.1) is 0 Å². The number of hydrogen-bond donors (Lipinski definition) is 1. The fourth-order valence-electron chi connectivity index (χ4n) is 1.08. The predicted octanol–water partition coefficient (Wildman–Crippen LogP) is -0.694. The first kappa shape index (κ1) is 9.54. The van der Waals surface area contributed by atoms with Gasteiger partial charge < -0.3 is 15.0 Å². The van der Waals surface area contributed by atoms with Crippen molar-refractivity contribution < 1.29 is 9.59 Å². The van der Waals surface area contributed by atoms with Crippen LogP contribution in [0.5, 0.6) is 0 Å². The number of rotatable bonds is 3. The van der Waals surface area contributed by atoms with Gasteiger partial charge in [-0.05, 0) is 7.05 Å². The Bertz CT molecular complexity index is 186. The van der Waals surface area contributed by atoms with Gasteiger partial charge in [-0.3, -0.25) is 4.79 Å². The third-order valence-electron chi connectivity index (χ3n) is 1.72. The molecular weight excluding hydrogens is 176 g/mol. The number of nitrogens with zero attached hydrogens (tertiary/aromatic N) is 1. The smallest absolute Gasteiger partial charge is 0.237 e. The van der Waals surface area contributed by atoms with E-state index in [0.717, 1.165) is 12.0 Å². The molecule has 0 aromatic rings. The summed E-state index contributed by atoms with van der Waals surface area (Å²) >= 11 is 1.62. The standard InChI is InChI=1S/C7H12N2O2S/c1-8-2-7(11)9-5-12-4-6(9)3-10/h3,6,8H,2,4-5H2,1H3. The van der Waals surface area contributed by atoms with E-state index in [1.54, 1.807) is 23.7 Å². The molecule has 0 bridgehead atoms. The zero-order chi connectivity index (χ0) is 8.97. The van der Waals surface area contributed by atoms with Gasteiger partial charge >= 0.3 is 0 Å². The molecule has 1 rings (SSSR count). The van der Waals surface area contributed by atoms with E-state index in [4.69, 9.17) is 0 Å². The van der Waals surface area contributed by atoms with Gasteiger partial charge in [0.15, 0.2) is 0 Å². The van der Waals surface area contributed by atoms with Crippen molar-refractivity contribution in [3.05, 3.63) is 0 Å². The van der Waals surface area contributed by atoms with Crippen molar-refractivity contribution in [3.8, 4) is 0 Å². The predicted molar refractivity (Wildman–Crippen MR) is 47.9 cm³/mol. The molecule has 1 saturated heterocycles. The van der Waals surface area contributed by atoms with Crippen molar-refractivity contribution in [2.75, 3.05) is 25.2 Å². The zero-order valence-corrected chi connectivity index (χ0v) is 7.76. The number of amides is 1. The minimum absolute atomic E-state index is 0.000370. The summed E-state index contributed by atoms with van der Waals surface area (Å²) in [4.78, 5) is 23.4. The molecule has 1 fully saturated rings. The van der Waals surface area contributed by atoms with Crippen molar-refractivity contribution in [1.82, 2.24) is 10.2 Å². The highest BCUT2D eigenvalue weighted by Crippen LogP contribution is 2.18. The molecule has 1 amide bonds. The average Bonchev–Trinajstić information content (AvgIpc) is 2.51. The summed E-state index contributed by atoms with van der Waals surface area (Å²) in [5.74, 6) is 1.38. The fourth-order valence-corrected chi connectivity index (χ4v) is 2.22. The summed E-state index contributed by atoms with van der Waals surface area (Å²) in [5.41, 5.74) is 0. The quantitative estimate of drug-likeness (QED) is 0.595. The van der Waals surface area contributed by atoms with Gasteiger partial charge in [0, 0.05) is 5.75 Å². The van der Waals surface area contributed by atoms with E-state index in [-0.39, 0.29) is 11.9 Å². The number of hydrogen-bond acceptors (Lipinski definition) is 4. The van der Waals surface area contributed by atoms with Crippen molar-refractivity contribution in [2.24, 2.45) is 0 Å². The van der Waals surface area contributed by atoms with Crippen LogP contribution in [0.15, 0.2) is 0 Å². The van der Waals surface area contributed by atoms with Crippen LogP contribution in [0.2, 0.25) is 0 Å². The van der Waals surface area contributed by atoms with E-state index >= 15 is 0 Å². The SMILES string of the molecule is CNCC(=O)N1CSCC1C=O. The summed E-state index contributed by atoms with van der Waals surface area (Å²) in [5, 5.41) is 2.77. The second-order valence-corrected chi connectivity index (χ2v) is 3.60. The molecule has 0 aromatic heterocycles. The molecule has 1 aliphatic rings. The van der Waals surface area contributed by atoms with Crippen molar-refractivity contribution >= 4 is 24.0 Å². The highest BCUT2D eigenvalue weighted by atomic mass is 32.2. The Morgan fingerprint density at radius 1 is 1.83 bits per heavy atom. The summed E-state index contributed by atoms with van der Waals surface area (Å²) in [6.07, 6.45) is 0.841. The van der Waals surface area contributed by atoms with E-state index < -0.39 is 0 Å². The molecule has 4 nitrogen and oxygen atoms in total. The molecule has 12 heavy (non-hydrogen) atoms. The molecule has 5 heteroatoms. The number of thioether (sulfide) groups is 1. The molecule has 1 N–H and O–H groups in total. The Morgan fingerprint density at radius 2 is 2.58 bits per heavy atom. The third kappa shape index (κ3) is 1.98. The number of nitrogens with one attached hydrogen (secondary N) is 1. The Balaban J connectivity index is 2.49. The topological polar surface area (TPSA) is 49.4 Å². The van der Waals surface area contributed by atoms with Gasteiger partial charge in [-0.2, -0.15) is 0 Å². The van der Waals surface area contributed by atoms with Gasteiger partial charge in [-0.1, -0.05) is 0 Å². The van der Waals surface area contributed by atoms with Gasteiger partial charge in [0.05, 0.1) is 18.5 Å². The first-order chi connectivity index (χ1) is 5.79. The Morgan fingerprint density at radius 3 is 3.17 bits per heavy atom. The van der Waals surface area contributed by atoms with Gasteiger partial charge in [-0.25, -0.2) is 0 Å². The summed E-state index contributed by atoms with van der Waals surface area (Å²) in [7, 11) is 1.72. The maximum absolute atomic E-state index is 11.3. The fraction of sp³-hybridized carbons (Fsp3) is 0.714. The van der Waals surface area contributed by atoms with Crippen LogP contribution in [0.25, 0.3) is 0 Å². The molecule has 0 spiro atoms. The zero-order valence-electron chi connectivity index (χ0n) is 6.95. The highest BCUT2D eigenvalue weighted by molar-refractivity contribution is 7.99. The van der Waals surface area contributed by atoms with Crippen LogP contribution in [-0.2, 0) is 9.59 Å². The highest BCUT2D eigenvalue weighted by Gasteiger charge is 2.27. The Kier molecular flexibility index (Phi) is 3.55. The lowest BCUT2D eigenvalue weighted by Crippen LogP contribution is -2.41. The minimum Gasteiger partial charge on any atom is -0.322 e. The van der Waals surface area contributed by atoms with Crippen LogP contribution in [0.3, 0.4) is 0 Å². The number of aldehydes is 1. The van der Waals surface area contributed by atoms with Gasteiger partial charge in [0.1, 0.15) is 6.29 Å². The lowest BCUT2D eigenvalue weighted by molar-refractivity contribution is -0.133. The van der Waals surface area contributed by atoms with Crippen LogP contribution in [0.4, 0.5) is 0 Å². The molecule has 68 valence electrons. The second kappa shape index (κ2) is 4.47. The van der Waals surface area contributed by atoms with Crippen LogP contribution in [0.1, 0.15) is 0 Å². The van der Waals surface area contributed by atoms with Crippen molar-refractivity contribution in [2.45, 2.75) is 6.04 Å². The molecular formula is C7H12N2O2S. The summed E-state index contributed by atoms with van der Waals surface area (Å²) in [6, 6.07) is -0.212. The number of carbonyl (C=O) groups is 2. The molecule has 0 saturated carbocycles. The molecule has 1 heterocycles. The summed E-state index contributed by atoms with van der Waals surface area (Å²) in [6.45, 7) is 0.310. The molecule has 1 unspecified atom stereocenters. The van der Waals surface area contributed by atoms with Gasteiger partial charge in [0.2, 0.25) is 5.91 Å². The number of likely N-dealkylation sites (N-methyl/N-ethyl adjacent to an activating group) is 1. The van der Waals surface area contributed by atoms with E-state index in [9.17, 15) is 9.59 Å².